The number of benzene rings is 1. The molecule has 0 saturated heterocycles. The van der Waals surface area contributed by atoms with Gasteiger partial charge in [-0.05, 0) is 25.1 Å². The highest BCUT2D eigenvalue weighted by molar-refractivity contribution is 7.16. The van der Waals surface area contributed by atoms with Crippen molar-refractivity contribution >= 4 is 22.9 Å². The molecule has 0 radical (unpaired) electrons. The smallest absolute Gasteiger partial charge is 0.128 e. The average molecular weight is 298 g/mol. The summed E-state index contributed by atoms with van der Waals surface area (Å²) in [4.78, 5) is 1.07. The summed E-state index contributed by atoms with van der Waals surface area (Å²) < 4.78 is 11.8. The van der Waals surface area contributed by atoms with Crippen LogP contribution in [-0.2, 0) is 6.61 Å². The van der Waals surface area contributed by atoms with E-state index >= 15 is 0 Å². The topological polar surface area (TPSA) is 44.5 Å². The molecule has 1 aromatic carbocycles. The predicted octanol–water partition coefficient (Wildman–Crippen LogP) is 4.01. The molecule has 0 spiro atoms. The Kier molecular flexibility index (Phi) is 4.69. The van der Waals surface area contributed by atoms with Crippen LogP contribution in [0, 0.1) is 0 Å². The lowest BCUT2D eigenvalue weighted by molar-refractivity contribution is 0.302. The zero-order valence-electron chi connectivity index (χ0n) is 10.9. The van der Waals surface area contributed by atoms with Gasteiger partial charge in [-0.15, -0.1) is 11.3 Å². The monoisotopic (exact) mass is 297 g/mol. The molecule has 2 N–H and O–H groups in total. The Morgan fingerprint density at radius 1 is 1.32 bits per heavy atom. The molecule has 19 heavy (non-hydrogen) atoms. The molecule has 0 aliphatic carbocycles. The second-order valence-corrected chi connectivity index (χ2v) is 5.99. The quantitative estimate of drug-likeness (QED) is 0.907. The summed E-state index contributed by atoms with van der Waals surface area (Å²) in [5.41, 5.74) is 6.90. The average Bonchev–Trinajstić information content (AvgIpc) is 2.81. The lowest BCUT2D eigenvalue weighted by Crippen LogP contribution is -2.08. The van der Waals surface area contributed by atoms with Crippen LogP contribution in [0.15, 0.2) is 30.3 Å². The van der Waals surface area contributed by atoms with E-state index in [1.54, 1.807) is 7.11 Å². The maximum absolute atomic E-state index is 5.94. The Labute approximate surface area is 121 Å². The van der Waals surface area contributed by atoms with E-state index < -0.39 is 0 Å². The molecule has 1 heterocycles. The number of halogens is 1. The van der Waals surface area contributed by atoms with E-state index in [4.69, 9.17) is 26.8 Å². The van der Waals surface area contributed by atoms with Gasteiger partial charge in [0.2, 0.25) is 0 Å². The fraction of sp³-hybridized carbons (Fsp3) is 0.286. The molecule has 1 atom stereocenters. The normalized spacial score (nSPS) is 12.2. The van der Waals surface area contributed by atoms with Crippen LogP contribution >= 0.6 is 22.9 Å². The second-order valence-electron chi connectivity index (χ2n) is 4.19. The van der Waals surface area contributed by atoms with Crippen LogP contribution in [0.2, 0.25) is 4.34 Å². The minimum absolute atomic E-state index is 0.0900. The highest BCUT2D eigenvalue weighted by atomic mass is 35.5. The molecule has 102 valence electrons. The van der Waals surface area contributed by atoms with Gasteiger partial charge < -0.3 is 15.2 Å². The van der Waals surface area contributed by atoms with Gasteiger partial charge in [0, 0.05) is 22.5 Å². The van der Waals surface area contributed by atoms with Crippen molar-refractivity contribution in [2.24, 2.45) is 5.73 Å². The molecular formula is C14H16ClNO2S. The molecule has 0 amide bonds. The number of ether oxygens (including phenoxy) is 2. The molecule has 0 bridgehead atoms. The molecule has 0 saturated carbocycles. The zero-order chi connectivity index (χ0) is 13.8. The maximum Gasteiger partial charge on any atom is 0.128 e. The van der Waals surface area contributed by atoms with Crippen LogP contribution in [0.25, 0.3) is 0 Å². The molecule has 2 rings (SSSR count). The number of thiophene rings is 1. The summed E-state index contributed by atoms with van der Waals surface area (Å²) in [7, 11) is 1.63. The standard InChI is InChI=1S/C14H16ClNO2S/c1-9(16)12-5-3-10(17-2)7-13(12)18-8-11-4-6-14(15)19-11/h3-7,9H,8,16H2,1-2H3/t9-/m0/s1. The summed E-state index contributed by atoms with van der Waals surface area (Å²) >= 11 is 7.40. The minimum atomic E-state index is -0.0900. The Morgan fingerprint density at radius 2 is 2.11 bits per heavy atom. The van der Waals surface area contributed by atoms with Crippen LogP contribution in [0.1, 0.15) is 23.4 Å². The van der Waals surface area contributed by atoms with E-state index in [0.29, 0.717) is 6.61 Å². The van der Waals surface area contributed by atoms with E-state index in [1.807, 2.05) is 37.3 Å². The van der Waals surface area contributed by atoms with Gasteiger partial charge in [-0.3, -0.25) is 0 Å². The third kappa shape index (κ3) is 3.62. The summed E-state index contributed by atoms with van der Waals surface area (Å²) in [6.07, 6.45) is 0. The van der Waals surface area contributed by atoms with E-state index in [9.17, 15) is 0 Å². The van der Waals surface area contributed by atoms with Crippen LogP contribution in [0.5, 0.6) is 11.5 Å². The van der Waals surface area contributed by atoms with Gasteiger partial charge in [-0.2, -0.15) is 0 Å². The fourth-order valence-electron chi connectivity index (χ4n) is 1.72. The van der Waals surface area contributed by atoms with Crippen LogP contribution in [0.3, 0.4) is 0 Å². The number of nitrogens with two attached hydrogens (primary N) is 1. The molecule has 0 aliphatic rings. The lowest BCUT2D eigenvalue weighted by atomic mass is 10.1. The zero-order valence-corrected chi connectivity index (χ0v) is 12.4. The van der Waals surface area contributed by atoms with E-state index in [-0.39, 0.29) is 6.04 Å². The van der Waals surface area contributed by atoms with Gasteiger partial charge in [0.1, 0.15) is 18.1 Å². The van der Waals surface area contributed by atoms with Gasteiger partial charge in [0.25, 0.3) is 0 Å². The number of hydrogen-bond donors (Lipinski definition) is 1. The Balaban J connectivity index is 2.17. The van der Waals surface area contributed by atoms with Crippen molar-refractivity contribution in [3.8, 4) is 11.5 Å². The number of methoxy groups -OCH3 is 1. The van der Waals surface area contributed by atoms with Crippen molar-refractivity contribution in [1.29, 1.82) is 0 Å². The highest BCUT2D eigenvalue weighted by Gasteiger charge is 2.10. The van der Waals surface area contributed by atoms with Crippen LogP contribution < -0.4 is 15.2 Å². The molecule has 0 unspecified atom stereocenters. The van der Waals surface area contributed by atoms with Crippen LogP contribution in [-0.4, -0.2) is 7.11 Å². The SMILES string of the molecule is COc1ccc([C@H](C)N)c(OCc2ccc(Cl)s2)c1. The minimum Gasteiger partial charge on any atom is -0.497 e. The summed E-state index contributed by atoms with van der Waals surface area (Å²) in [5.74, 6) is 1.50. The van der Waals surface area contributed by atoms with E-state index in [1.165, 1.54) is 11.3 Å². The molecule has 3 nitrogen and oxygen atoms in total. The van der Waals surface area contributed by atoms with Gasteiger partial charge in [-0.25, -0.2) is 0 Å². The first-order valence-electron chi connectivity index (χ1n) is 5.90. The summed E-state index contributed by atoms with van der Waals surface area (Å²) in [5, 5.41) is 0. The molecule has 2 aromatic rings. The van der Waals surface area contributed by atoms with Gasteiger partial charge in [0.15, 0.2) is 0 Å². The molecule has 0 aliphatic heterocycles. The van der Waals surface area contributed by atoms with Gasteiger partial charge in [0.05, 0.1) is 11.4 Å². The predicted molar refractivity (Wildman–Crippen MR) is 79.3 cm³/mol. The maximum atomic E-state index is 5.94. The highest BCUT2D eigenvalue weighted by Crippen LogP contribution is 2.30. The Morgan fingerprint density at radius 3 is 2.68 bits per heavy atom. The fourth-order valence-corrected chi connectivity index (χ4v) is 2.72. The van der Waals surface area contributed by atoms with Crippen molar-refractivity contribution in [3.63, 3.8) is 0 Å². The Bertz CT molecular complexity index is 554. The number of hydrogen-bond acceptors (Lipinski definition) is 4. The number of rotatable bonds is 5. The lowest BCUT2D eigenvalue weighted by Gasteiger charge is -2.14. The summed E-state index contributed by atoms with van der Waals surface area (Å²) in [6, 6.07) is 9.40. The third-order valence-corrected chi connectivity index (χ3v) is 3.91. The van der Waals surface area contributed by atoms with Gasteiger partial charge in [-0.1, -0.05) is 17.7 Å². The molecule has 0 fully saturated rings. The van der Waals surface area contributed by atoms with E-state index in [0.717, 1.165) is 26.3 Å². The first-order valence-corrected chi connectivity index (χ1v) is 7.10. The van der Waals surface area contributed by atoms with Crippen molar-refractivity contribution in [2.75, 3.05) is 7.11 Å². The molecule has 5 heteroatoms. The third-order valence-electron chi connectivity index (χ3n) is 2.71. The largest absolute Gasteiger partial charge is 0.497 e. The first kappa shape index (κ1) is 14.2. The molecular weight excluding hydrogens is 282 g/mol. The van der Waals surface area contributed by atoms with Crippen LogP contribution in [0.4, 0.5) is 0 Å². The Hall–Kier alpha value is -1.23. The van der Waals surface area contributed by atoms with Crippen molar-refractivity contribution in [2.45, 2.75) is 19.6 Å². The van der Waals surface area contributed by atoms with E-state index in [2.05, 4.69) is 0 Å². The van der Waals surface area contributed by atoms with Crippen molar-refractivity contribution in [1.82, 2.24) is 0 Å². The molecule has 1 aromatic heterocycles. The summed E-state index contributed by atoms with van der Waals surface area (Å²) in [6.45, 7) is 2.40. The first-order chi connectivity index (χ1) is 9.10. The van der Waals surface area contributed by atoms with Crippen molar-refractivity contribution in [3.05, 3.63) is 45.1 Å². The van der Waals surface area contributed by atoms with Gasteiger partial charge >= 0.3 is 0 Å². The second kappa shape index (κ2) is 6.28. The van der Waals surface area contributed by atoms with Crippen molar-refractivity contribution < 1.29 is 9.47 Å².